The molecule has 6 nitrogen and oxygen atoms in total. The molecule has 142 valence electrons. The third-order valence-corrected chi connectivity index (χ3v) is 6.18. The first-order valence-electron chi connectivity index (χ1n) is 8.70. The van der Waals surface area contributed by atoms with Crippen LogP contribution in [0.5, 0.6) is 11.5 Å². The van der Waals surface area contributed by atoms with E-state index in [1.807, 2.05) is 18.2 Å². The number of fused-ring (bicyclic) bond motifs is 2. The highest BCUT2D eigenvalue weighted by molar-refractivity contribution is 7.10. The fraction of sp³-hybridized carbons (Fsp3) is 0.200. The van der Waals surface area contributed by atoms with Crippen molar-refractivity contribution in [3.63, 3.8) is 0 Å². The van der Waals surface area contributed by atoms with Gasteiger partial charge in [0, 0.05) is 19.4 Å². The second-order valence-corrected chi connectivity index (χ2v) is 7.68. The van der Waals surface area contributed by atoms with Gasteiger partial charge in [0.05, 0.1) is 10.6 Å². The minimum Gasteiger partial charge on any atom is -0.454 e. The number of aromatic nitrogens is 1. The average Bonchev–Trinajstić information content (AvgIpc) is 3.27. The molecule has 3 heterocycles. The molecule has 0 bridgehead atoms. The van der Waals surface area contributed by atoms with E-state index in [9.17, 15) is 14.0 Å². The number of anilines is 2. The van der Waals surface area contributed by atoms with Gasteiger partial charge >= 0.3 is 4.87 Å². The molecule has 2 aliphatic rings. The maximum Gasteiger partial charge on any atom is 0.308 e. The van der Waals surface area contributed by atoms with Gasteiger partial charge in [-0.25, -0.2) is 4.39 Å². The van der Waals surface area contributed by atoms with Crippen molar-refractivity contribution in [2.75, 3.05) is 11.7 Å². The third-order valence-electron chi connectivity index (χ3n) is 5.05. The van der Waals surface area contributed by atoms with Crippen LogP contribution < -0.4 is 19.2 Å². The van der Waals surface area contributed by atoms with Crippen LogP contribution in [0, 0.1) is 5.82 Å². The average molecular weight is 398 g/mol. The minimum atomic E-state index is -0.383. The van der Waals surface area contributed by atoms with E-state index in [1.54, 1.807) is 19.2 Å². The van der Waals surface area contributed by atoms with Gasteiger partial charge in [0.1, 0.15) is 11.6 Å². The Morgan fingerprint density at radius 3 is 2.61 bits per heavy atom. The van der Waals surface area contributed by atoms with Crippen molar-refractivity contribution >= 4 is 28.7 Å². The zero-order valence-electron chi connectivity index (χ0n) is 14.8. The van der Waals surface area contributed by atoms with Gasteiger partial charge in [-0.15, -0.1) is 0 Å². The molecule has 3 aromatic rings. The third kappa shape index (κ3) is 2.52. The molecule has 8 heteroatoms. The molecule has 1 aromatic heterocycles. The van der Waals surface area contributed by atoms with E-state index in [0.717, 1.165) is 21.8 Å². The fourth-order valence-electron chi connectivity index (χ4n) is 3.68. The zero-order valence-corrected chi connectivity index (χ0v) is 15.7. The summed E-state index contributed by atoms with van der Waals surface area (Å²) in [5, 5.41) is 0. The molecule has 1 amide bonds. The lowest BCUT2D eigenvalue weighted by Gasteiger charge is -2.32. The van der Waals surface area contributed by atoms with Crippen LogP contribution in [-0.2, 0) is 11.8 Å². The Hall–Kier alpha value is -3.13. The van der Waals surface area contributed by atoms with Crippen LogP contribution in [0.25, 0.3) is 0 Å². The summed E-state index contributed by atoms with van der Waals surface area (Å²) in [6.07, 6.45) is 0.198. The number of rotatable bonds is 2. The Morgan fingerprint density at radius 2 is 1.82 bits per heavy atom. The summed E-state index contributed by atoms with van der Waals surface area (Å²) in [4.78, 5) is 27.7. The second kappa shape index (κ2) is 6.20. The lowest BCUT2D eigenvalue weighted by molar-refractivity contribution is -0.118. The molecule has 0 saturated heterocycles. The van der Waals surface area contributed by atoms with E-state index in [2.05, 4.69) is 0 Å². The largest absolute Gasteiger partial charge is 0.454 e. The molecule has 28 heavy (non-hydrogen) atoms. The minimum absolute atomic E-state index is 0.155. The predicted molar refractivity (Wildman–Crippen MR) is 102 cm³/mol. The van der Waals surface area contributed by atoms with Gasteiger partial charge in [-0.1, -0.05) is 17.4 Å². The van der Waals surface area contributed by atoms with E-state index < -0.39 is 0 Å². The molecule has 0 fully saturated rings. The Kier molecular flexibility index (Phi) is 3.77. The smallest absolute Gasteiger partial charge is 0.308 e. The Labute approximate surface area is 163 Å². The first-order chi connectivity index (χ1) is 13.5. The number of ether oxygens (including phenoxy) is 2. The lowest BCUT2D eigenvalue weighted by Crippen LogP contribution is -2.34. The van der Waals surface area contributed by atoms with Crippen LogP contribution in [0.4, 0.5) is 15.9 Å². The number of benzene rings is 2. The molecule has 2 aromatic carbocycles. The Balaban J connectivity index is 1.65. The van der Waals surface area contributed by atoms with Crippen molar-refractivity contribution in [3.8, 4) is 11.5 Å². The highest BCUT2D eigenvalue weighted by Crippen LogP contribution is 2.46. The van der Waals surface area contributed by atoms with E-state index in [4.69, 9.17) is 9.47 Å². The quantitative estimate of drug-likeness (QED) is 0.663. The Morgan fingerprint density at radius 1 is 1.07 bits per heavy atom. The van der Waals surface area contributed by atoms with Crippen molar-refractivity contribution in [2.24, 2.45) is 7.05 Å². The summed E-state index contributed by atoms with van der Waals surface area (Å²) in [7, 11) is 1.64. The monoisotopic (exact) mass is 398 g/mol. The van der Waals surface area contributed by atoms with Gasteiger partial charge < -0.3 is 9.47 Å². The number of carbonyl (C=O) groups excluding carboxylic acids is 1. The number of halogens is 1. The van der Waals surface area contributed by atoms with E-state index in [-0.39, 0.29) is 35.7 Å². The van der Waals surface area contributed by atoms with Crippen LogP contribution in [-0.4, -0.2) is 17.3 Å². The van der Waals surface area contributed by atoms with Gasteiger partial charge in [-0.05, 0) is 42.0 Å². The standard InChI is InChI=1S/C20H15FN2O4S/c1-22-19-18(28-20(22)25)14(11-2-7-15-16(8-11)27-10-26-15)9-17(24)23(19)13-5-3-12(21)4-6-13/h2-8,14H,9-10H2,1H3/t14-/m0/s1. The van der Waals surface area contributed by atoms with E-state index >= 15 is 0 Å². The van der Waals surface area contributed by atoms with Gasteiger partial charge in [-0.2, -0.15) is 0 Å². The van der Waals surface area contributed by atoms with Crippen LogP contribution in [0.2, 0.25) is 0 Å². The van der Waals surface area contributed by atoms with E-state index in [1.165, 1.54) is 21.6 Å². The lowest BCUT2D eigenvalue weighted by atomic mass is 9.90. The molecular formula is C20H15FN2O4S. The molecular weight excluding hydrogens is 383 g/mol. The molecule has 0 aliphatic carbocycles. The highest BCUT2D eigenvalue weighted by Gasteiger charge is 2.37. The molecule has 2 aliphatic heterocycles. The van der Waals surface area contributed by atoms with Gasteiger partial charge in [0.15, 0.2) is 11.5 Å². The second-order valence-electron chi connectivity index (χ2n) is 6.69. The number of carbonyl (C=O) groups is 1. The van der Waals surface area contributed by atoms with Crippen molar-refractivity contribution in [2.45, 2.75) is 12.3 Å². The van der Waals surface area contributed by atoms with Crippen LogP contribution in [0.1, 0.15) is 22.8 Å². The summed E-state index contributed by atoms with van der Waals surface area (Å²) in [5.74, 6) is 1.03. The summed E-state index contributed by atoms with van der Waals surface area (Å²) in [5.41, 5.74) is 1.42. The van der Waals surface area contributed by atoms with Crippen LogP contribution in [0.3, 0.4) is 0 Å². The summed E-state index contributed by atoms with van der Waals surface area (Å²) < 4.78 is 25.6. The number of hydrogen-bond donors (Lipinski definition) is 0. The topological polar surface area (TPSA) is 60.8 Å². The summed E-state index contributed by atoms with van der Waals surface area (Å²) in [6, 6.07) is 11.3. The van der Waals surface area contributed by atoms with Crippen molar-refractivity contribution in [1.29, 1.82) is 0 Å². The molecule has 0 unspecified atom stereocenters. The molecule has 5 rings (SSSR count). The van der Waals surface area contributed by atoms with Gasteiger partial charge in [0.2, 0.25) is 12.7 Å². The van der Waals surface area contributed by atoms with Crippen LogP contribution >= 0.6 is 11.3 Å². The molecule has 1 atom stereocenters. The first-order valence-corrected chi connectivity index (χ1v) is 9.52. The molecule has 0 radical (unpaired) electrons. The van der Waals surface area contributed by atoms with E-state index in [0.29, 0.717) is 23.0 Å². The predicted octanol–water partition coefficient (Wildman–Crippen LogP) is 3.51. The van der Waals surface area contributed by atoms with Crippen LogP contribution in [0.15, 0.2) is 47.3 Å². The fourth-order valence-corrected chi connectivity index (χ4v) is 4.77. The molecule has 0 saturated carbocycles. The van der Waals surface area contributed by atoms with Crippen molar-refractivity contribution in [3.05, 3.63) is 68.4 Å². The first kappa shape index (κ1) is 17.0. The highest BCUT2D eigenvalue weighted by atomic mass is 32.1. The van der Waals surface area contributed by atoms with Crippen molar-refractivity contribution in [1.82, 2.24) is 4.57 Å². The summed E-state index contributed by atoms with van der Waals surface area (Å²) >= 11 is 1.12. The maximum absolute atomic E-state index is 13.3. The zero-order chi connectivity index (χ0) is 19.4. The Bertz CT molecular complexity index is 1150. The van der Waals surface area contributed by atoms with Gasteiger partial charge in [-0.3, -0.25) is 19.1 Å². The molecule has 0 spiro atoms. The number of thiazole rings is 1. The normalized spacial score (nSPS) is 17.7. The number of hydrogen-bond acceptors (Lipinski definition) is 5. The summed E-state index contributed by atoms with van der Waals surface area (Å²) in [6.45, 7) is 0.171. The maximum atomic E-state index is 13.3. The number of amides is 1. The van der Waals surface area contributed by atoms with Crippen molar-refractivity contribution < 1.29 is 18.7 Å². The SMILES string of the molecule is Cn1c2c(sc1=O)[C@H](c1ccc3c(c1)OCO3)CC(=O)N2c1ccc(F)cc1. The number of nitrogens with zero attached hydrogens (tertiary/aromatic N) is 2. The molecule has 0 N–H and O–H groups in total. The van der Waals surface area contributed by atoms with Gasteiger partial charge in [0.25, 0.3) is 0 Å².